The molecule has 1 fully saturated rings. The number of aliphatic hydroxyl groups excluding tert-OH is 1. The summed E-state index contributed by atoms with van der Waals surface area (Å²) >= 11 is 0.772. The van der Waals surface area contributed by atoms with E-state index in [-0.39, 0.29) is 17.8 Å². The third kappa shape index (κ3) is 3.27. The van der Waals surface area contributed by atoms with Gasteiger partial charge in [0.25, 0.3) is 0 Å². The minimum absolute atomic E-state index is 0.0973. The number of benzene rings is 1. The van der Waals surface area contributed by atoms with Crippen LogP contribution in [0.15, 0.2) is 24.3 Å². The van der Waals surface area contributed by atoms with Gasteiger partial charge in [-0.3, -0.25) is 0 Å². The zero-order valence-corrected chi connectivity index (χ0v) is 14.5. The number of nitro groups is 1. The molecule has 5 nitrogen and oxygen atoms in total. The van der Waals surface area contributed by atoms with Gasteiger partial charge < -0.3 is 0 Å². The Hall–Kier alpha value is -0.538. The molecule has 1 aromatic rings. The van der Waals surface area contributed by atoms with Crippen molar-refractivity contribution >= 4 is 31.8 Å². The summed E-state index contributed by atoms with van der Waals surface area (Å²) in [5.74, 6) is 0. The van der Waals surface area contributed by atoms with Gasteiger partial charge in [-0.2, -0.15) is 0 Å². The summed E-state index contributed by atoms with van der Waals surface area (Å²) in [4.78, 5) is 10.1. The molecule has 1 saturated heterocycles. The average Bonchev–Trinajstić information content (AvgIpc) is 2.76. The Bertz CT molecular complexity index is 424. The number of hydrogen-bond acceptors (Lipinski definition) is 4. The first-order valence-corrected chi connectivity index (χ1v) is 8.01. The van der Waals surface area contributed by atoms with Gasteiger partial charge in [-0.1, -0.05) is 0 Å². The normalized spacial score (nSPS) is 21.9. The summed E-state index contributed by atoms with van der Waals surface area (Å²) in [6.07, 6.45) is 2.44. The minimum atomic E-state index is -0.405. The van der Waals surface area contributed by atoms with Crippen LogP contribution in [0, 0.1) is 10.1 Å². The second-order valence-corrected chi connectivity index (χ2v) is 7.22. The van der Waals surface area contributed by atoms with Crippen molar-refractivity contribution in [1.82, 2.24) is 2.71 Å². The van der Waals surface area contributed by atoms with E-state index in [2.05, 4.69) is 2.71 Å². The molecule has 1 N–H and O–H groups in total. The van der Waals surface area contributed by atoms with Gasteiger partial charge in [-0.25, -0.2) is 0 Å². The maximum atomic E-state index is 10.5. The fraction of sp³-hybridized carbons (Fsp3) is 0.500. The van der Waals surface area contributed by atoms with E-state index in [1.165, 1.54) is 18.6 Å². The molecule has 1 heterocycles. The Labute approximate surface area is 122 Å². The first-order valence-electron chi connectivity index (χ1n) is 6.00. The molecule has 1 aliphatic heterocycles. The van der Waals surface area contributed by atoms with Crippen LogP contribution in [0.3, 0.4) is 0 Å². The zero-order valence-electron chi connectivity index (χ0n) is 10.0. The molecule has 2 atom stereocenters. The number of hydrogen-bond donors (Lipinski definition) is 1. The number of aliphatic hydroxyl groups is 1. The number of non-ortho nitro benzene ring substituents is 1. The van der Waals surface area contributed by atoms with Crippen molar-refractivity contribution in [2.24, 2.45) is 0 Å². The van der Waals surface area contributed by atoms with E-state index in [0.29, 0.717) is 6.42 Å². The van der Waals surface area contributed by atoms with Crippen molar-refractivity contribution in [2.75, 3.05) is 6.54 Å². The Morgan fingerprint density at radius 3 is 2.67 bits per heavy atom. The van der Waals surface area contributed by atoms with E-state index in [9.17, 15) is 15.2 Å². The topological polar surface area (TPSA) is 66.6 Å². The molecule has 0 aromatic heterocycles. The van der Waals surface area contributed by atoms with Crippen LogP contribution in [0.1, 0.15) is 18.4 Å². The Morgan fingerprint density at radius 2 is 2.17 bits per heavy atom. The van der Waals surface area contributed by atoms with Gasteiger partial charge in [0, 0.05) is 0 Å². The molecule has 6 heteroatoms. The summed E-state index contributed by atoms with van der Waals surface area (Å²) in [6.45, 7) is 1.10. The van der Waals surface area contributed by atoms with Gasteiger partial charge in [-0.05, 0) is 0 Å². The monoisotopic (exact) mass is 440 g/mol. The van der Waals surface area contributed by atoms with E-state index in [4.69, 9.17) is 0 Å². The summed E-state index contributed by atoms with van der Waals surface area (Å²) in [6, 6.07) is 6.74. The molecule has 94 valence electrons. The fourth-order valence-electron chi connectivity index (χ4n) is 2.36. The molecule has 0 spiro atoms. The molecule has 0 radical (unpaired) electrons. The molecule has 0 unspecified atom stereocenters. The number of rotatable bonds is 4. The van der Waals surface area contributed by atoms with Gasteiger partial charge >= 0.3 is 122 Å². The summed E-state index contributed by atoms with van der Waals surface area (Å²) in [5.41, 5.74) is 1.05. The molecule has 0 saturated carbocycles. The van der Waals surface area contributed by atoms with E-state index >= 15 is 0 Å². The summed E-state index contributed by atoms with van der Waals surface area (Å²) in [7, 11) is 0. The van der Waals surface area contributed by atoms with E-state index < -0.39 is 4.92 Å². The Morgan fingerprint density at radius 1 is 1.50 bits per heavy atom. The third-order valence-electron chi connectivity index (χ3n) is 3.38. The Balaban J connectivity index is 1.98. The molecule has 0 amide bonds. The van der Waals surface area contributed by atoms with Gasteiger partial charge in [0.15, 0.2) is 0 Å². The Kier molecular flexibility index (Phi) is 4.68. The second-order valence-electron chi connectivity index (χ2n) is 4.64. The first-order chi connectivity index (χ1) is 8.58. The van der Waals surface area contributed by atoms with Crippen LogP contribution in [0.5, 0.6) is 0 Å². The van der Waals surface area contributed by atoms with Crippen molar-refractivity contribution < 1.29 is 10.0 Å². The van der Waals surface area contributed by atoms with Crippen molar-refractivity contribution in [3.8, 4) is 0 Å². The quantitative estimate of drug-likeness (QED) is 0.433. The predicted octanol–water partition coefficient (Wildman–Crippen LogP) is 1.05. The summed E-state index contributed by atoms with van der Waals surface area (Å²) in [5, 5.41) is 20.7. The summed E-state index contributed by atoms with van der Waals surface area (Å²) < 4.78 is 2.34. The molecule has 0 bridgehead atoms. The molecule has 1 aromatic carbocycles. The number of nitrogens with zero attached hydrogens (tertiary/aromatic N) is 2. The van der Waals surface area contributed by atoms with Crippen LogP contribution < -0.4 is 0 Å². The number of nitro benzene ring substituents is 1. The van der Waals surface area contributed by atoms with E-state index in [1.807, 2.05) is 0 Å². The fourth-order valence-corrected chi connectivity index (χ4v) is 4.42. The van der Waals surface area contributed by atoms with Crippen molar-refractivity contribution in [3.05, 3.63) is 39.9 Å². The van der Waals surface area contributed by atoms with Crippen LogP contribution in [-0.4, -0.2) is 57.5 Å². The molecular formula is C12H15N2O3Tl. The second kappa shape index (κ2) is 6.07. The van der Waals surface area contributed by atoms with Gasteiger partial charge in [-0.15, -0.1) is 0 Å². The van der Waals surface area contributed by atoms with Gasteiger partial charge in [0.2, 0.25) is 0 Å². The third-order valence-corrected chi connectivity index (χ3v) is 5.87. The first kappa shape index (κ1) is 13.9. The van der Waals surface area contributed by atoms with Crippen LogP contribution >= 0.6 is 0 Å². The zero-order chi connectivity index (χ0) is 13.1. The van der Waals surface area contributed by atoms with Gasteiger partial charge in [0.1, 0.15) is 0 Å². The van der Waals surface area contributed by atoms with Crippen molar-refractivity contribution in [2.45, 2.75) is 31.4 Å². The predicted molar refractivity (Wildman–Crippen MR) is 68.3 cm³/mol. The van der Waals surface area contributed by atoms with Crippen LogP contribution in [0.25, 0.3) is 0 Å². The van der Waals surface area contributed by atoms with Crippen molar-refractivity contribution in [1.29, 1.82) is 0 Å². The van der Waals surface area contributed by atoms with Crippen LogP contribution in [0.4, 0.5) is 5.69 Å². The maximum absolute atomic E-state index is 10.5. The van der Waals surface area contributed by atoms with E-state index in [0.717, 1.165) is 44.6 Å². The molecule has 18 heavy (non-hydrogen) atoms. The van der Waals surface area contributed by atoms with Crippen LogP contribution in [0.2, 0.25) is 0 Å². The molecular weight excluding hydrogens is 425 g/mol. The molecule has 1 aliphatic rings. The van der Waals surface area contributed by atoms with E-state index in [1.54, 1.807) is 12.1 Å². The average molecular weight is 440 g/mol. The molecule has 0 aliphatic carbocycles. The van der Waals surface area contributed by atoms with Crippen molar-refractivity contribution in [3.63, 3.8) is 0 Å². The molecule has 2 rings (SSSR count). The van der Waals surface area contributed by atoms with Gasteiger partial charge in [0.05, 0.1) is 0 Å². The standard InChI is InChI=1S/C12H15N2O3.Tl/c15-12(11-2-1-7-13-11)8-9-3-5-10(6-4-9)14(16)17;/h3-6,11-12,15H,1-2,7-8H2;/q-1;+1/t11-,12+;/m1./s1. The SMILES string of the molecule is O=[N+]([O-])c1ccc(C[C@H](O)[C@H]2CCC[N]2[Tl])cc1. The van der Waals surface area contributed by atoms with Crippen LogP contribution in [-0.2, 0) is 6.42 Å².